The number of Topliss-reactive ketones (excluding diaryl/α,β-unsaturated/α-hetero) is 1. The molecule has 0 spiro atoms. The zero-order chi connectivity index (χ0) is 19.6. The van der Waals surface area contributed by atoms with E-state index in [1.165, 1.54) is 28.1 Å². The molecule has 4 aromatic carbocycles. The van der Waals surface area contributed by atoms with Gasteiger partial charge in [0.2, 0.25) is 5.78 Å². The molecule has 29 heavy (non-hydrogen) atoms. The number of allylic oxidation sites excluding steroid dienone is 1. The second kappa shape index (κ2) is 7.61. The summed E-state index contributed by atoms with van der Waals surface area (Å²) in [5, 5.41) is 2.43. The lowest BCUT2D eigenvalue weighted by Gasteiger charge is -2.09. The minimum atomic E-state index is 0.0990. The highest BCUT2D eigenvalue weighted by Gasteiger charge is 2.24. The van der Waals surface area contributed by atoms with E-state index in [0.717, 1.165) is 26.7 Å². The average Bonchev–Trinajstić information content (AvgIpc) is 3.09. The summed E-state index contributed by atoms with van der Waals surface area (Å²) in [6.45, 7) is 0.519. The van der Waals surface area contributed by atoms with Crippen molar-refractivity contribution in [1.29, 1.82) is 0 Å². The van der Waals surface area contributed by atoms with E-state index in [9.17, 15) is 4.79 Å². The van der Waals surface area contributed by atoms with Gasteiger partial charge in [0.1, 0.15) is 12.4 Å². The monoisotopic (exact) mass is 394 g/mol. The molecule has 5 rings (SSSR count). The summed E-state index contributed by atoms with van der Waals surface area (Å²) in [7, 11) is 0. The highest BCUT2D eigenvalue weighted by Crippen LogP contribution is 2.40. The molecule has 140 valence electrons. The van der Waals surface area contributed by atoms with E-state index < -0.39 is 0 Å². The first-order valence-corrected chi connectivity index (χ1v) is 10.3. The van der Waals surface area contributed by atoms with Gasteiger partial charge in [-0.15, -0.1) is 0 Å². The average molecular weight is 394 g/mol. The third-order valence-corrected chi connectivity index (χ3v) is 6.13. The van der Waals surface area contributed by atoms with E-state index in [1.54, 1.807) is 0 Å². The van der Waals surface area contributed by atoms with Gasteiger partial charge in [0, 0.05) is 10.5 Å². The van der Waals surface area contributed by atoms with Gasteiger partial charge in [-0.1, -0.05) is 78.5 Å². The van der Waals surface area contributed by atoms with E-state index in [4.69, 9.17) is 4.74 Å². The first-order valence-electron chi connectivity index (χ1n) is 9.51. The molecule has 0 saturated carbocycles. The first-order chi connectivity index (χ1) is 14.3. The Morgan fingerprint density at radius 2 is 1.55 bits per heavy atom. The van der Waals surface area contributed by atoms with Gasteiger partial charge < -0.3 is 4.74 Å². The van der Waals surface area contributed by atoms with Crippen LogP contribution in [0, 0.1) is 0 Å². The van der Waals surface area contributed by atoms with Crippen LogP contribution in [0.3, 0.4) is 0 Å². The Bertz CT molecular complexity index is 1230. The topological polar surface area (TPSA) is 26.3 Å². The normalized spacial score (nSPS) is 14.3. The van der Waals surface area contributed by atoms with E-state index in [-0.39, 0.29) is 5.78 Å². The molecule has 1 aliphatic heterocycles. The summed E-state index contributed by atoms with van der Waals surface area (Å²) in [6.07, 6.45) is 1.95. The summed E-state index contributed by atoms with van der Waals surface area (Å²) in [5.41, 5.74) is 2.95. The molecule has 4 aromatic rings. The van der Waals surface area contributed by atoms with Gasteiger partial charge in [-0.3, -0.25) is 4.79 Å². The fourth-order valence-corrected chi connectivity index (χ4v) is 4.58. The van der Waals surface area contributed by atoms with Crippen molar-refractivity contribution in [1.82, 2.24) is 0 Å². The molecule has 2 nitrogen and oxygen atoms in total. The van der Waals surface area contributed by atoms with E-state index in [1.807, 2.05) is 60.7 Å². The van der Waals surface area contributed by atoms with Crippen molar-refractivity contribution in [3.05, 3.63) is 113 Å². The maximum absolute atomic E-state index is 12.5. The molecule has 3 heteroatoms. The highest BCUT2D eigenvalue weighted by molar-refractivity contribution is 8.04. The van der Waals surface area contributed by atoms with Crippen molar-refractivity contribution in [3.63, 3.8) is 0 Å². The fraction of sp³-hybridized carbons (Fsp3) is 0.0385. The van der Waals surface area contributed by atoms with Crippen LogP contribution in [0.25, 0.3) is 16.8 Å². The zero-order valence-electron chi connectivity index (χ0n) is 15.7. The van der Waals surface area contributed by atoms with E-state index in [2.05, 4.69) is 36.4 Å². The van der Waals surface area contributed by atoms with Crippen LogP contribution >= 0.6 is 11.8 Å². The smallest absolute Gasteiger partial charge is 0.200 e. The van der Waals surface area contributed by atoms with Crippen molar-refractivity contribution >= 4 is 34.4 Å². The van der Waals surface area contributed by atoms with Gasteiger partial charge in [0.05, 0.1) is 4.91 Å². The number of hydrogen-bond acceptors (Lipinski definition) is 3. The molecule has 0 aliphatic carbocycles. The summed E-state index contributed by atoms with van der Waals surface area (Å²) in [5.74, 6) is 0.913. The first kappa shape index (κ1) is 17.8. The Hall–Kier alpha value is -3.30. The maximum Gasteiger partial charge on any atom is 0.200 e. The summed E-state index contributed by atoms with van der Waals surface area (Å²) in [4.78, 5) is 14.3. The number of carbonyl (C=O) groups excluding carboxylic acids is 1. The minimum Gasteiger partial charge on any atom is -0.489 e. The van der Waals surface area contributed by atoms with Crippen LogP contribution in [0.4, 0.5) is 0 Å². The van der Waals surface area contributed by atoms with Gasteiger partial charge in [0.15, 0.2) is 0 Å². The molecule has 0 fully saturated rings. The molecule has 0 N–H and O–H groups in total. The molecule has 1 heterocycles. The Kier molecular flexibility index (Phi) is 4.66. The Balaban J connectivity index is 1.30. The van der Waals surface area contributed by atoms with E-state index in [0.29, 0.717) is 6.61 Å². The molecule has 0 unspecified atom stereocenters. The van der Waals surface area contributed by atoms with Crippen molar-refractivity contribution in [2.75, 3.05) is 0 Å². The standard InChI is InChI=1S/C26H18O2S/c27-26-23-10-3-4-11-24(23)29-25(26)16-18-12-14-21(15-13-18)28-17-20-8-5-7-19-6-1-2-9-22(19)20/h1-16H,17H2/b25-16-. The largest absolute Gasteiger partial charge is 0.489 e. The predicted octanol–water partition coefficient (Wildman–Crippen LogP) is 6.75. The number of rotatable bonds is 4. The predicted molar refractivity (Wildman–Crippen MR) is 119 cm³/mol. The molecule has 0 bridgehead atoms. The third kappa shape index (κ3) is 3.57. The Labute approximate surface area is 173 Å². The molecular weight excluding hydrogens is 376 g/mol. The molecule has 1 aliphatic rings. The van der Waals surface area contributed by atoms with Crippen LogP contribution in [0.1, 0.15) is 21.5 Å². The van der Waals surface area contributed by atoms with Crippen molar-refractivity contribution < 1.29 is 9.53 Å². The Morgan fingerprint density at radius 3 is 2.41 bits per heavy atom. The Morgan fingerprint density at radius 1 is 0.793 bits per heavy atom. The van der Waals surface area contributed by atoms with Gasteiger partial charge >= 0.3 is 0 Å². The molecule has 0 saturated heterocycles. The highest BCUT2D eigenvalue weighted by atomic mass is 32.2. The van der Waals surface area contributed by atoms with Gasteiger partial charge in [-0.2, -0.15) is 0 Å². The van der Waals surface area contributed by atoms with Crippen molar-refractivity contribution in [2.24, 2.45) is 0 Å². The summed E-state index contributed by atoms with van der Waals surface area (Å²) >= 11 is 1.53. The number of hydrogen-bond donors (Lipinski definition) is 0. The number of fused-ring (bicyclic) bond motifs is 2. The second-order valence-electron chi connectivity index (χ2n) is 6.93. The lowest BCUT2D eigenvalue weighted by molar-refractivity contribution is 0.104. The molecular formula is C26H18O2S. The zero-order valence-corrected chi connectivity index (χ0v) is 16.5. The number of thioether (sulfide) groups is 1. The lowest BCUT2D eigenvalue weighted by atomic mass is 10.1. The van der Waals surface area contributed by atoms with Crippen LogP contribution < -0.4 is 4.74 Å². The minimum absolute atomic E-state index is 0.0990. The second-order valence-corrected chi connectivity index (χ2v) is 8.02. The van der Waals surface area contributed by atoms with Gasteiger partial charge in [0.25, 0.3) is 0 Å². The molecule has 0 amide bonds. The summed E-state index contributed by atoms with van der Waals surface area (Å²) < 4.78 is 6.00. The van der Waals surface area contributed by atoms with Crippen LogP contribution in [-0.4, -0.2) is 5.78 Å². The molecule has 0 aromatic heterocycles. The number of carbonyl (C=O) groups is 1. The van der Waals surface area contributed by atoms with Crippen molar-refractivity contribution in [2.45, 2.75) is 11.5 Å². The summed E-state index contributed by atoms with van der Waals surface area (Å²) in [6, 6.07) is 30.2. The number of benzene rings is 4. The number of ether oxygens (including phenoxy) is 1. The van der Waals surface area contributed by atoms with Crippen molar-refractivity contribution in [3.8, 4) is 5.75 Å². The molecule has 0 atom stereocenters. The van der Waals surface area contributed by atoms with Crippen LogP contribution in [0.2, 0.25) is 0 Å². The van der Waals surface area contributed by atoms with Crippen LogP contribution in [0.15, 0.2) is 101 Å². The van der Waals surface area contributed by atoms with Crippen LogP contribution in [0.5, 0.6) is 5.75 Å². The number of ketones is 1. The quantitative estimate of drug-likeness (QED) is 0.358. The fourth-order valence-electron chi connectivity index (χ4n) is 3.53. The van der Waals surface area contributed by atoms with Gasteiger partial charge in [-0.25, -0.2) is 0 Å². The van der Waals surface area contributed by atoms with Gasteiger partial charge in [-0.05, 0) is 52.2 Å². The van der Waals surface area contributed by atoms with Crippen LogP contribution in [-0.2, 0) is 6.61 Å². The van der Waals surface area contributed by atoms with E-state index >= 15 is 0 Å². The maximum atomic E-state index is 12.5. The third-order valence-electron chi connectivity index (χ3n) is 5.03. The lowest BCUT2D eigenvalue weighted by Crippen LogP contribution is -1.96. The molecule has 0 radical (unpaired) electrons. The SMILES string of the molecule is O=C1/C(=C/c2ccc(OCc3cccc4ccccc34)cc2)Sc2ccccc21.